The lowest BCUT2D eigenvalue weighted by Gasteiger charge is -2.30. The number of sulfonamides is 1. The molecule has 0 bridgehead atoms. The summed E-state index contributed by atoms with van der Waals surface area (Å²) in [7, 11) is -2.13. The van der Waals surface area contributed by atoms with Crippen molar-refractivity contribution in [1.82, 2.24) is 9.62 Å². The van der Waals surface area contributed by atoms with E-state index in [1.54, 1.807) is 13.2 Å². The minimum Gasteiger partial charge on any atom is -0.496 e. The number of methoxy groups -OCH3 is 1. The standard InChI is InChI=1S/C22H26Cl2N2O4S/c1-15-3-6-20(30-2)17(13-15)7-10-25-22(27)16-8-11-26(12-9-16)31(28,29)21-14-18(23)4-5-19(21)24/h3-6,13-14,16H,7-12H2,1-2H3,(H,25,27). The molecule has 9 heteroatoms. The van der Waals surface area contributed by atoms with Gasteiger partial charge in [0.25, 0.3) is 0 Å². The van der Waals surface area contributed by atoms with Crippen LogP contribution in [0.2, 0.25) is 10.0 Å². The van der Waals surface area contributed by atoms with Gasteiger partial charge >= 0.3 is 0 Å². The molecular formula is C22H26Cl2N2O4S. The van der Waals surface area contributed by atoms with Crippen LogP contribution in [0.15, 0.2) is 41.3 Å². The minimum atomic E-state index is -3.76. The van der Waals surface area contributed by atoms with E-state index < -0.39 is 10.0 Å². The molecular weight excluding hydrogens is 459 g/mol. The quantitative estimate of drug-likeness (QED) is 0.642. The van der Waals surface area contributed by atoms with Crippen molar-refractivity contribution < 1.29 is 17.9 Å². The number of halogens is 2. The van der Waals surface area contributed by atoms with Gasteiger partial charge in [0.2, 0.25) is 15.9 Å². The highest BCUT2D eigenvalue weighted by Gasteiger charge is 2.33. The van der Waals surface area contributed by atoms with Crippen LogP contribution in [-0.2, 0) is 21.2 Å². The Balaban J connectivity index is 1.54. The van der Waals surface area contributed by atoms with E-state index in [9.17, 15) is 13.2 Å². The summed E-state index contributed by atoms with van der Waals surface area (Å²) in [6.45, 7) is 3.03. The molecule has 2 aromatic carbocycles. The maximum absolute atomic E-state index is 12.9. The zero-order chi connectivity index (χ0) is 22.6. The largest absolute Gasteiger partial charge is 0.496 e. The fourth-order valence-corrected chi connectivity index (χ4v) is 5.95. The summed E-state index contributed by atoms with van der Waals surface area (Å²) >= 11 is 12.0. The highest BCUT2D eigenvalue weighted by molar-refractivity contribution is 7.89. The minimum absolute atomic E-state index is 0.00308. The van der Waals surface area contributed by atoms with E-state index in [2.05, 4.69) is 11.4 Å². The molecule has 1 amide bonds. The normalized spacial score (nSPS) is 15.6. The number of hydrogen-bond acceptors (Lipinski definition) is 4. The lowest BCUT2D eigenvalue weighted by Crippen LogP contribution is -2.43. The Kier molecular flexibility index (Phi) is 7.86. The second kappa shape index (κ2) is 10.2. The van der Waals surface area contributed by atoms with Gasteiger partial charge in [-0.25, -0.2) is 8.42 Å². The van der Waals surface area contributed by atoms with Crippen molar-refractivity contribution in [2.45, 2.75) is 31.1 Å². The molecule has 0 atom stereocenters. The number of aryl methyl sites for hydroxylation is 1. The summed E-state index contributed by atoms with van der Waals surface area (Å²) in [5.41, 5.74) is 2.18. The van der Waals surface area contributed by atoms with Crippen LogP contribution in [0.25, 0.3) is 0 Å². The van der Waals surface area contributed by atoms with Crippen molar-refractivity contribution in [2.24, 2.45) is 5.92 Å². The molecule has 1 aliphatic heterocycles. The lowest BCUT2D eigenvalue weighted by atomic mass is 9.97. The molecule has 0 radical (unpaired) electrons. The Morgan fingerprint density at radius 2 is 1.87 bits per heavy atom. The smallest absolute Gasteiger partial charge is 0.244 e. The summed E-state index contributed by atoms with van der Waals surface area (Å²) in [6.07, 6.45) is 1.57. The van der Waals surface area contributed by atoms with E-state index >= 15 is 0 Å². The first-order valence-electron chi connectivity index (χ1n) is 10.1. The van der Waals surface area contributed by atoms with Crippen molar-refractivity contribution in [1.29, 1.82) is 0 Å². The van der Waals surface area contributed by atoms with Crippen LogP contribution >= 0.6 is 23.2 Å². The van der Waals surface area contributed by atoms with E-state index in [0.717, 1.165) is 16.9 Å². The molecule has 2 aromatic rings. The second-order valence-corrected chi connectivity index (χ2v) is 10.4. The fourth-order valence-electron chi connectivity index (χ4n) is 3.74. The Morgan fingerprint density at radius 1 is 1.16 bits per heavy atom. The molecule has 1 aliphatic rings. The Morgan fingerprint density at radius 3 is 2.55 bits per heavy atom. The Hall–Kier alpha value is -1.80. The van der Waals surface area contributed by atoms with Gasteiger partial charge in [0, 0.05) is 30.6 Å². The first kappa shape index (κ1) is 23.9. The predicted molar refractivity (Wildman–Crippen MR) is 122 cm³/mol. The molecule has 6 nitrogen and oxygen atoms in total. The third kappa shape index (κ3) is 5.71. The van der Waals surface area contributed by atoms with Crippen LogP contribution in [0, 0.1) is 12.8 Å². The molecule has 3 rings (SSSR count). The van der Waals surface area contributed by atoms with Gasteiger partial charge in [0.05, 0.1) is 12.1 Å². The molecule has 1 saturated heterocycles. The van der Waals surface area contributed by atoms with Gasteiger partial charge in [-0.15, -0.1) is 0 Å². The number of carbonyl (C=O) groups excluding carboxylic acids is 1. The van der Waals surface area contributed by atoms with Crippen LogP contribution in [0.3, 0.4) is 0 Å². The first-order valence-corrected chi connectivity index (χ1v) is 12.3. The predicted octanol–water partition coefficient (Wildman–Crippen LogP) is 4.07. The highest BCUT2D eigenvalue weighted by atomic mass is 35.5. The number of carbonyl (C=O) groups is 1. The number of hydrogen-bond donors (Lipinski definition) is 1. The van der Waals surface area contributed by atoms with Crippen LogP contribution in [0.1, 0.15) is 24.0 Å². The van der Waals surface area contributed by atoms with Crippen molar-refractivity contribution >= 4 is 39.1 Å². The second-order valence-electron chi connectivity index (χ2n) is 7.61. The maximum Gasteiger partial charge on any atom is 0.244 e. The van der Waals surface area contributed by atoms with Crippen molar-refractivity contribution in [2.75, 3.05) is 26.7 Å². The Bertz CT molecular complexity index is 1050. The Labute approximate surface area is 193 Å². The average Bonchev–Trinajstić information content (AvgIpc) is 2.75. The third-order valence-electron chi connectivity index (χ3n) is 5.47. The van der Waals surface area contributed by atoms with Gasteiger partial charge in [0.1, 0.15) is 10.6 Å². The molecule has 0 unspecified atom stereocenters. The van der Waals surface area contributed by atoms with Crippen LogP contribution < -0.4 is 10.1 Å². The SMILES string of the molecule is COc1ccc(C)cc1CCNC(=O)C1CCN(S(=O)(=O)c2cc(Cl)ccc2Cl)CC1. The summed E-state index contributed by atoms with van der Waals surface area (Å²) in [5, 5.41) is 3.42. The fraction of sp³-hybridized carbons (Fsp3) is 0.409. The number of ether oxygens (including phenoxy) is 1. The molecule has 1 fully saturated rings. The molecule has 0 spiro atoms. The van der Waals surface area contributed by atoms with Crippen LogP contribution in [0.4, 0.5) is 0 Å². The van der Waals surface area contributed by atoms with Gasteiger partial charge in [-0.2, -0.15) is 4.31 Å². The highest BCUT2D eigenvalue weighted by Crippen LogP contribution is 2.30. The summed E-state index contributed by atoms with van der Waals surface area (Å²) in [4.78, 5) is 12.6. The molecule has 31 heavy (non-hydrogen) atoms. The number of rotatable bonds is 7. The van der Waals surface area contributed by atoms with Gasteiger partial charge < -0.3 is 10.1 Å². The van der Waals surface area contributed by atoms with Crippen LogP contribution in [-0.4, -0.2) is 45.4 Å². The van der Waals surface area contributed by atoms with Crippen molar-refractivity contribution in [3.8, 4) is 5.75 Å². The van der Waals surface area contributed by atoms with E-state index in [1.165, 1.54) is 16.4 Å². The molecule has 0 saturated carbocycles. The van der Waals surface area contributed by atoms with E-state index in [1.807, 2.05) is 19.1 Å². The van der Waals surface area contributed by atoms with Crippen LogP contribution in [0.5, 0.6) is 5.75 Å². The number of piperidine rings is 1. The van der Waals surface area contributed by atoms with E-state index in [0.29, 0.717) is 30.8 Å². The van der Waals surface area contributed by atoms with Gasteiger partial charge in [-0.1, -0.05) is 40.9 Å². The number of benzene rings is 2. The monoisotopic (exact) mass is 484 g/mol. The zero-order valence-electron chi connectivity index (χ0n) is 17.5. The number of nitrogens with zero attached hydrogens (tertiary/aromatic N) is 1. The number of amides is 1. The zero-order valence-corrected chi connectivity index (χ0v) is 19.9. The number of nitrogens with one attached hydrogen (secondary N) is 1. The van der Waals surface area contributed by atoms with Crippen molar-refractivity contribution in [3.63, 3.8) is 0 Å². The summed E-state index contributed by atoms with van der Waals surface area (Å²) < 4.78 is 32.6. The molecule has 1 N–H and O–H groups in total. The third-order valence-corrected chi connectivity index (χ3v) is 8.08. The van der Waals surface area contributed by atoms with Gasteiger partial charge in [0.15, 0.2) is 0 Å². The molecule has 0 aromatic heterocycles. The maximum atomic E-state index is 12.9. The lowest BCUT2D eigenvalue weighted by molar-refractivity contribution is -0.126. The van der Waals surface area contributed by atoms with E-state index in [4.69, 9.17) is 27.9 Å². The van der Waals surface area contributed by atoms with Gasteiger partial charge in [-0.3, -0.25) is 4.79 Å². The molecule has 0 aliphatic carbocycles. The van der Waals surface area contributed by atoms with Gasteiger partial charge in [-0.05, 0) is 56.0 Å². The topological polar surface area (TPSA) is 75.7 Å². The van der Waals surface area contributed by atoms with E-state index in [-0.39, 0.29) is 34.8 Å². The van der Waals surface area contributed by atoms with Crippen molar-refractivity contribution in [3.05, 3.63) is 57.6 Å². The summed E-state index contributed by atoms with van der Waals surface area (Å²) in [5.74, 6) is 0.531. The molecule has 1 heterocycles. The first-order chi connectivity index (χ1) is 14.7. The molecule has 168 valence electrons. The summed E-state index contributed by atoms with van der Waals surface area (Å²) in [6, 6.07) is 10.3. The average molecular weight is 485 g/mol.